The lowest BCUT2D eigenvalue weighted by molar-refractivity contribution is -0.120. The molecule has 0 radical (unpaired) electrons. The fraction of sp³-hybridized carbons (Fsp3) is 0.333. The minimum absolute atomic E-state index is 0.0211. The maximum Gasteiger partial charge on any atom is 0.240 e. The Labute approximate surface area is 145 Å². The zero-order valence-electron chi connectivity index (χ0n) is 14.3. The predicted molar refractivity (Wildman–Crippen MR) is 95.3 cm³/mol. The van der Waals surface area contributed by atoms with E-state index < -0.39 is 0 Å². The van der Waals surface area contributed by atoms with Crippen molar-refractivity contribution in [2.75, 3.05) is 18.5 Å². The molecule has 4 rings (SSSR count). The van der Waals surface area contributed by atoms with E-state index >= 15 is 0 Å². The van der Waals surface area contributed by atoms with Crippen LogP contribution in [0.1, 0.15) is 29.2 Å². The zero-order valence-corrected chi connectivity index (χ0v) is 14.3. The Bertz CT molecular complexity index is 934. The molecule has 1 atom stereocenters. The molecule has 0 aliphatic heterocycles. The van der Waals surface area contributed by atoms with E-state index in [1.165, 1.54) is 23.0 Å². The molecule has 1 aliphatic rings. The monoisotopic (exact) mass is 336 g/mol. The van der Waals surface area contributed by atoms with Crippen LogP contribution >= 0.6 is 0 Å². The van der Waals surface area contributed by atoms with Crippen LogP contribution in [0.25, 0.3) is 11.2 Å². The van der Waals surface area contributed by atoms with E-state index in [-0.39, 0.29) is 18.5 Å². The van der Waals surface area contributed by atoms with Gasteiger partial charge in [-0.1, -0.05) is 23.8 Å². The number of amides is 1. The first kappa shape index (κ1) is 15.6. The number of rotatable bonds is 4. The van der Waals surface area contributed by atoms with Gasteiger partial charge in [-0.25, -0.2) is 15.0 Å². The van der Waals surface area contributed by atoms with Gasteiger partial charge in [0.2, 0.25) is 5.91 Å². The highest BCUT2D eigenvalue weighted by Crippen LogP contribution is 2.31. The summed E-state index contributed by atoms with van der Waals surface area (Å²) >= 11 is 0. The molecule has 128 valence electrons. The van der Waals surface area contributed by atoms with Crippen LogP contribution in [-0.4, -0.2) is 39.4 Å². The lowest BCUT2D eigenvalue weighted by Crippen LogP contribution is -2.37. The lowest BCUT2D eigenvalue weighted by atomic mass is 10.1. The van der Waals surface area contributed by atoms with Crippen LogP contribution < -0.4 is 10.2 Å². The first-order chi connectivity index (χ1) is 12.1. The topological polar surface area (TPSA) is 86.8 Å². The quantitative estimate of drug-likeness (QED) is 0.760. The second kappa shape index (κ2) is 6.16. The molecule has 1 aliphatic carbocycles. The summed E-state index contributed by atoms with van der Waals surface area (Å²) in [5.41, 5.74) is 5.17. The van der Waals surface area contributed by atoms with Crippen molar-refractivity contribution in [3.8, 4) is 0 Å². The molecule has 25 heavy (non-hydrogen) atoms. The summed E-state index contributed by atoms with van der Waals surface area (Å²) in [5.74, 6) is 0.646. The molecule has 3 aromatic rings. The number of fused-ring (bicyclic) bond motifs is 2. The number of nitrogens with one attached hydrogen (secondary N) is 2. The summed E-state index contributed by atoms with van der Waals surface area (Å²) in [5, 5.41) is 3.15. The van der Waals surface area contributed by atoms with Crippen LogP contribution in [0.2, 0.25) is 0 Å². The smallest absolute Gasteiger partial charge is 0.240 e. The van der Waals surface area contributed by atoms with Gasteiger partial charge in [0.15, 0.2) is 11.5 Å². The van der Waals surface area contributed by atoms with Gasteiger partial charge in [0, 0.05) is 7.05 Å². The van der Waals surface area contributed by atoms with E-state index in [4.69, 9.17) is 0 Å². The van der Waals surface area contributed by atoms with Crippen molar-refractivity contribution in [2.24, 2.45) is 0 Å². The molecule has 2 N–H and O–H groups in total. The third-order valence-corrected chi connectivity index (χ3v) is 4.66. The zero-order chi connectivity index (χ0) is 17.4. The third kappa shape index (κ3) is 2.93. The number of likely N-dealkylation sites (N-methyl/N-ethyl adjacent to an activating group) is 1. The number of aryl methyl sites for hydroxylation is 2. The highest BCUT2D eigenvalue weighted by Gasteiger charge is 2.24. The summed E-state index contributed by atoms with van der Waals surface area (Å²) in [6.07, 6.45) is 5.00. The number of nitrogens with zero attached hydrogens (tertiary/aromatic N) is 4. The molecule has 7 nitrogen and oxygen atoms in total. The number of hydrogen-bond donors (Lipinski definition) is 2. The average Bonchev–Trinajstić information content (AvgIpc) is 3.21. The number of imidazole rings is 1. The molecular formula is C18H20N6O. The molecule has 1 amide bonds. The van der Waals surface area contributed by atoms with E-state index in [0.717, 1.165) is 18.4 Å². The SMILES string of the molecule is Cc1ccc2c(c1)CC[C@@H]2NC(=O)CN(C)c1ncnc2nc[nH]c12. The predicted octanol–water partition coefficient (Wildman–Crippen LogP) is 1.90. The van der Waals surface area contributed by atoms with Crippen molar-refractivity contribution in [1.29, 1.82) is 0 Å². The van der Waals surface area contributed by atoms with Crippen molar-refractivity contribution in [3.63, 3.8) is 0 Å². The molecule has 0 saturated carbocycles. The van der Waals surface area contributed by atoms with Gasteiger partial charge in [0.25, 0.3) is 0 Å². The van der Waals surface area contributed by atoms with Crippen LogP contribution in [0.15, 0.2) is 30.9 Å². The molecule has 0 saturated heterocycles. The van der Waals surface area contributed by atoms with Gasteiger partial charge in [0.1, 0.15) is 11.8 Å². The normalized spacial score (nSPS) is 16.0. The van der Waals surface area contributed by atoms with Gasteiger partial charge in [0.05, 0.1) is 18.9 Å². The minimum atomic E-state index is -0.0211. The van der Waals surface area contributed by atoms with Gasteiger partial charge in [-0.3, -0.25) is 4.79 Å². The third-order valence-electron chi connectivity index (χ3n) is 4.66. The van der Waals surface area contributed by atoms with E-state index in [1.54, 1.807) is 6.33 Å². The molecule has 1 aromatic carbocycles. The summed E-state index contributed by atoms with van der Waals surface area (Å²) in [7, 11) is 1.84. The Morgan fingerprint density at radius 2 is 2.24 bits per heavy atom. The fourth-order valence-electron chi connectivity index (χ4n) is 3.47. The maximum absolute atomic E-state index is 12.5. The molecule has 0 fully saturated rings. The number of aromatic amines is 1. The van der Waals surface area contributed by atoms with Gasteiger partial charge in [-0.05, 0) is 30.9 Å². The molecule has 0 spiro atoms. The molecule has 2 aromatic heterocycles. The Balaban J connectivity index is 1.46. The first-order valence-corrected chi connectivity index (χ1v) is 8.36. The van der Waals surface area contributed by atoms with Crippen molar-refractivity contribution < 1.29 is 4.79 Å². The number of carbonyl (C=O) groups excluding carboxylic acids is 1. The van der Waals surface area contributed by atoms with Crippen molar-refractivity contribution in [2.45, 2.75) is 25.8 Å². The van der Waals surface area contributed by atoms with E-state index in [2.05, 4.69) is 50.4 Å². The van der Waals surface area contributed by atoms with Crippen molar-refractivity contribution >= 4 is 22.9 Å². The van der Waals surface area contributed by atoms with E-state index in [9.17, 15) is 4.79 Å². The van der Waals surface area contributed by atoms with Crippen LogP contribution in [0.3, 0.4) is 0 Å². The molecule has 0 unspecified atom stereocenters. The van der Waals surface area contributed by atoms with Crippen LogP contribution in [0.5, 0.6) is 0 Å². The highest BCUT2D eigenvalue weighted by molar-refractivity contribution is 5.87. The van der Waals surface area contributed by atoms with Gasteiger partial charge in [-0.15, -0.1) is 0 Å². The highest BCUT2D eigenvalue weighted by atomic mass is 16.2. The number of benzene rings is 1. The Kier molecular flexibility index (Phi) is 3.83. The molecule has 7 heteroatoms. The summed E-state index contributed by atoms with van der Waals surface area (Å²) in [6.45, 7) is 2.32. The number of carbonyl (C=O) groups is 1. The second-order valence-corrected chi connectivity index (χ2v) is 6.52. The number of aromatic nitrogens is 4. The van der Waals surface area contributed by atoms with Gasteiger partial charge < -0.3 is 15.2 Å². The van der Waals surface area contributed by atoms with E-state index in [1.807, 2.05) is 11.9 Å². The van der Waals surface area contributed by atoms with Crippen molar-refractivity contribution in [1.82, 2.24) is 25.3 Å². The lowest BCUT2D eigenvalue weighted by Gasteiger charge is -2.20. The minimum Gasteiger partial charge on any atom is -0.348 e. The maximum atomic E-state index is 12.5. The van der Waals surface area contributed by atoms with Crippen LogP contribution in [0, 0.1) is 6.92 Å². The van der Waals surface area contributed by atoms with Gasteiger partial charge >= 0.3 is 0 Å². The van der Waals surface area contributed by atoms with Gasteiger partial charge in [-0.2, -0.15) is 0 Å². The largest absolute Gasteiger partial charge is 0.348 e. The van der Waals surface area contributed by atoms with E-state index in [0.29, 0.717) is 11.5 Å². The number of H-pyrrole nitrogens is 1. The fourth-order valence-corrected chi connectivity index (χ4v) is 3.47. The Morgan fingerprint density at radius 1 is 1.36 bits per heavy atom. The standard InChI is InChI=1S/C18H20N6O/c1-11-3-5-13-12(7-11)4-6-14(13)23-15(25)8-24(2)18-16-17(20-9-19-16)21-10-22-18/h3,5,7,9-10,14H,4,6,8H2,1-2H3,(H,23,25)(H,19,20,21,22)/t14-/m0/s1. The summed E-state index contributed by atoms with van der Waals surface area (Å²) in [6, 6.07) is 6.54. The molecule has 0 bridgehead atoms. The second-order valence-electron chi connectivity index (χ2n) is 6.52. The van der Waals surface area contributed by atoms with Crippen LogP contribution in [0.4, 0.5) is 5.82 Å². The van der Waals surface area contributed by atoms with Crippen LogP contribution in [-0.2, 0) is 11.2 Å². The number of anilines is 1. The Hall–Kier alpha value is -2.96. The average molecular weight is 336 g/mol. The summed E-state index contributed by atoms with van der Waals surface area (Å²) in [4.78, 5) is 29.8. The molecular weight excluding hydrogens is 316 g/mol. The Morgan fingerprint density at radius 3 is 3.12 bits per heavy atom. The first-order valence-electron chi connectivity index (χ1n) is 8.36. The van der Waals surface area contributed by atoms with Crippen molar-refractivity contribution in [3.05, 3.63) is 47.5 Å². The summed E-state index contributed by atoms with van der Waals surface area (Å²) < 4.78 is 0. The molecule has 2 heterocycles. The number of hydrogen-bond acceptors (Lipinski definition) is 5.